The fourth-order valence-electron chi connectivity index (χ4n) is 2.54. The van der Waals surface area contributed by atoms with Crippen LogP contribution in [0.15, 0.2) is 23.1 Å². The SMILES string of the molecule is CCOC(=O)c1cc(NC(=O)C2CCCNC2)cc(S(C)(=O)=O)c1.Cl. The van der Waals surface area contributed by atoms with Crippen LogP contribution in [-0.2, 0) is 19.4 Å². The number of piperidine rings is 1. The molecule has 1 aliphatic rings. The summed E-state index contributed by atoms with van der Waals surface area (Å²) < 4.78 is 28.6. The highest BCUT2D eigenvalue weighted by atomic mass is 35.5. The molecule has 1 unspecified atom stereocenters. The highest BCUT2D eigenvalue weighted by Crippen LogP contribution is 2.21. The quantitative estimate of drug-likeness (QED) is 0.741. The van der Waals surface area contributed by atoms with Crippen LogP contribution in [-0.4, -0.2) is 46.2 Å². The van der Waals surface area contributed by atoms with E-state index in [1.807, 2.05) is 0 Å². The van der Waals surface area contributed by atoms with Crippen molar-refractivity contribution in [1.29, 1.82) is 0 Å². The van der Waals surface area contributed by atoms with Gasteiger partial charge in [-0.3, -0.25) is 4.79 Å². The minimum Gasteiger partial charge on any atom is -0.462 e. The number of carbonyl (C=O) groups is 2. The van der Waals surface area contributed by atoms with Crippen molar-refractivity contribution in [3.63, 3.8) is 0 Å². The Morgan fingerprint density at radius 1 is 1.32 bits per heavy atom. The standard InChI is InChI=1S/C16H22N2O5S.ClH/c1-3-23-16(20)12-7-13(9-14(8-12)24(2,21)22)18-15(19)11-5-4-6-17-10-11;/h7-9,11,17H,3-6,10H2,1-2H3,(H,18,19);1H. The number of anilines is 1. The summed E-state index contributed by atoms with van der Waals surface area (Å²) in [5.41, 5.74) is 0.369. The van der Waals surface area contributed by atoms with Gasteiger partial charge in [-0.1, -0.05) is 0 Å². The number of hydrogen-bond donors (Lipinski definition) is 2. The maximum atomic E-state index is 12.3. The maximum absolute atomic E-state index is 12.3. The van der Waals surface area contributed by atoms with E-state index in [1.165, 1.54) is 18.2 Å². The summed E-state index contributed by atoms with van der Waals surface area (Å²) in [6.45, 7) is 3.32. The minimum atomic E-state index is -3.53. The molecule has 0 spiro atoms. The van der Waals surface area contributed by atoms with Crippen molar-refractivity contribution < 1.29 is 22.7 Å². The Kier molecular flexibility index (Phi) is 7.85. The van der Waals surface area contributed by atoms with Gasteiger partial charge in [-0.2, -0.15) is 0 Å². The van der Waals surface area contributed by atoms with Gasteiger partial charge in [0.05, 0.1) is 23.0 Å². The van der Waals surface area contributed by atoms with Gasteiger partial charge >= 0.3 is 5.97 Å². The second-order valence-corrected chi connectivity index (χ2v) is 7.79. The number of halogens is 1. The number of rotatable bonds is 5. The van der Waals surface area contributed by atoms with Crippen molar-refractivity contribution in [3.8, 4) is 0 Å². The Morgan fingerprint density at radius 3 is 2.60 bits per heavy atom. The summed E-state index contributed by atoms with van der Waals surface area (Å²) in [6, 6.07) is 4.04. The first-order valence-corrected chi connectivity index (χ1v) is 9.74. The molecule has 1 saturated heterocycles. The van der Waals surface area contributed by atoms with Crippen LogP contribution in [0.1, 0.15) is 30.1 Å². The van der Waals surface area contributed by atoms with Crippen LogP contribution in [0.2, 0.25) is 0 Å². The molecule has 1 heterocycles. The van der Waals surface area contributed by atoms with Gasteiger partial charge in [-0.25, -0.2) is 13.2 Å². The third kappa shape index (κ3) is 5.98. The number of amides is 1. The van der Waals surface area contributed by atoms with E-state index in [0.717, 1.165) is 25.6 Å². The first-order valence-electron chi connectivity index (χ1n) is 7.85. The molecule has 7 nitrogen and oxygen atoms in total. The molecule has 1 aromatic rings. The number of benzene rings is 1. The third-order valence-corrected chi connectivity index (χ3v) is 4.87. The van der Waals surface area contributed by atoms with E-state index in [-0.39, 0.29) is 47.0 Å². The summed E-state index contributed by atoms with van der Waals surface area (Å²) in [5.74, 6) is -0.993. The van der Waals surface area contributed by atoms with Gasteiger partial charge in [-0.15, -0.1) is 12.4 Å². The molecule has 2 rings (SSSR count). The molecule has 1 atom stereocenters. The first kappa shape index (κ1) is 21.4. The lowest BCUT2D eigenvalue weighted by Crippen LogP contribution is -2.37. The van der Waals surface area contributed by atoms with E-state index < -0.39 is 15.8 Å². The molecule has 0 aromatic heterocycles. The van der Waals surface area contributed by atoms with Crippen LogP contribution in [0.5, 0.6) is 0 Å². The predicted octanol–water partition coefficient (Wildman–Crippen LogP) is 1.63. The van der Waals surface area contributed by atoms with E-state index in [4.69, 9.17) is 4.74 Å². The molecule has 0 radical (unpaired) electrons. The Labute approximate surface area is 153 Å². The molecule has 1 amide bonds. The topological polar surface area (TPSA) is 102 Å². The summed E-state index contributed by atoms with van der Waals surface area (Å²) in [7, 11) is -3.53. The number of nitrogens with one attached hydrogen (secondary N) is 2. The lowest BCUT2D eigenvalue weighted by molar-refractivity contribution is -0.120. The zero-order valence-corrected chi connectivity index (χ0v) is 15.8. The van der Waals surface area contributed by atoms with Gasteiger partial charge in [-0.05, 0) is 44.5 Å². The molecular formula is C16H23ClN2O5S. The molecule has 0 bridgehead atoms. The Bertz CT molecular complexity index is 730. The monoisotopic (exact) mass is 390 g/mol. The fraction of sp³-hybridized carbons (Fsp3) is 0.500. The molecule has 1 aliphatic heterocycles. The van der Waals surface area contributed by atoms with Gasteiger partial charge in [0.15, 0.2) is 9.84 Å². The van der Waals surface area contributed by atoms with Crippen LogP contribution in [0.4, 0.5) is 5.69 Å². The average molecular weight is 391 g/mol. The molecule has 0 aliphatic carbocycles. The fourth-order valence-corrected chi connectivity index (χ4v) is 3.22. The maximum Gasteiger partial charge on any atom is 0.338 e. The van der Waals surface area contributed by atoms with Crippen LogP contribution in [0, 0.1) is 5.92 Å². The van der Waals surface area contributed by atoms with Gasteiger partial charge in [0.2, 0.25) is 5.91 Å². The van der Waals surface area contributed by atoms with Crippen molar-refractivity contribution in [2.45, 2.75) is 24.7 Å². The second kappa shape index (κ2) is 9.17. The number of ether oxygens (including phenoxy) is 1. The van der Waals surface area contributed by atoms with E-state index in [2.05, 4.69) is 10.6 Å². The largest absolute Gasteiger partial charge is 0.462 e. The van der Waals surface area contributed by atoms with E-state index >= 15 is 0 Å². The smallest absolute Gasteiger partial charge is 0.338 e. The van der Waals surface area contributed by atoms with E-state index in [0.29, 0.717) is 6.54 Å². The molecule has 0 saturated carbocycles. The van der Waals surface area contributed by atoms with Crippen molar-refractivity contribution in [1.82, 2.24) is 5.32 Å². The van der Waals surface area contributed by atoms with Gasteiger partial charge in [0.25, 0.3) is 0 Å². The average Bonchev–Trinajstić information content (AvgIpc) is 2.54. The Hall–Kier alpha value is -1.64. The zero-order valence-electron chi connectivity index (χ0n) is 14.2. The first-order chi connectivity index (χ1) is 11.3. The Balaban J connectivity index is 0.00000312. The molecule has 140 valence electrons. The lowest BCUT2D eigenvalue weighted by atomic mass is 9.99. The number of sulfone groups is 1. The van der Waals surface area contributed by atoms with Crippen molar-refractivity contribution in [3.05, 3.63) is 23.8 Å². The number of carbonyl (C=O) groups excluding carboxylic acids is 2. The zero-order chi connectivity index (χ0) is 17.7. The van der Waals surface area contributed by atoms with E-state index in [9.17, 15) is 18.0 Å². The van der Waals surface area contributed by atoms with Gasteiger partial charge in [0.1, 0.15) is 0 Å². The normalized spacial score (nSPS) is 17.3. The minimum absolute atomic E-state index is 0. The molecule has 25 heavy (non-hydrogen) atoms. The summed E-state index contributed by atoms with van der Waals surface area (Å²) in [5, 5.41) is 5.86. The third-order valence-electron chi connectivity index (χ3n) is 3.78. The van der Waals surface area contributed by atoms with Crippen LogP contribution >= 0.6 is 12.4 Å². The summed E-state index contributed by atoms with van der Waals surface area (Å²) >= 11 is 0. The van der Waals surface area contributed by atoms with Crippen molar-refractivity contribution in [2.24, 2.45) is 5.92 Å². The van der Waals surface area contributed by atoms with Gasteiger partial charge < -0.3 is 15.4 Å². The van der Waals surface area contributed by atoms with Crippen LogP contribution in [0.3, 0.4) is 0 Å². The number of esters is 1. The highest BCUT2D eigenvalue weighted by Gasteiger charge is 2.22. The van der Waals surface area contributed by atoms with Crippen molar-refractivity contribution >= 4 is 39.8 Å². The summed E-state index contributed by atoms with van der Waals surface area (Å²) in [6.07, 6.45) is 2.73. The molecule has 9 heteroatoms. The van der Waals surface area contributed by atoms with Crippen LogP contribution in [0.25, 0.3) is 0 Å². The predicted molar refractivity (Wildman–Crippen MR) is 97.0 cm³/mol. The second-order valence-electron chi connectivity index (χ2n) is 5.77. The molecular weight excluding hydrogens is 368 g/mol. The van der Waals surface area contributed by atoms with Gasteiger partial charge in [0, 0.05) is 18.5 Å². The molecule has 1 aromatic carbocycles. The molecule has 2 N–H and O–H groups in total. The highest BCUT2D eigenvalue weighted by molar-refractivity contribution is 7.90. The van der Waals surface area contributed by atoms with Crippen LogP contribution < -0.4 is 10.6 Å². The molecule has 1 fully saturated rings. The summed E-state index contributed by atoms with van der Waals surface area (Å²) in [4.78, 5) is 24.2. The van der Waals surface area contributed by atoms with E-state index in [1.54, 1.807) is 6.92 Å². The van der Waals surface area contributed by atoms with Crippen molar-refractivity contribution in [2.75, 3.05) is 31.3 Å². The lowest BCUT2D eigenvalue weighted by Gasteiger charge is -2.22. The Morgan fingerprint density at radius 2 is 2.04 bits per heavy atom. The number of hydrogen-bond acceptors (Lipinski definition) is 6.